The second-order valence-corrected chi connectivity index (χ2v) is 7.72. The summed E-state index contributed by atoms with van der Waals surface area (Å²) in [6.07, 6.45) is -6.28. The minimum Gasteiger partial charge on any atom is -0.508 e. The largest absolute Gasteiger partial charge is 0.508 e. The highest BCUT2D eigenvalue weighted by atomic mass is 16.7. The van der Waals surface area contributed by atoms with Gasteiger partial charge in [-0.15, -0.1) is 0 Å². The predicted molar refractivity (Wildman–Crippen MR) is 107 cm³/mol. The molecule has 9 nitrogen and oxygen atoms in total. The first-order valence-corrected chi connectivity index (χ1v) is 10.0. The molecule has 4 rings (SSSR count). The van der Waals surface area contributed by atoms with E-state index in [4.69, 9.17) is 18.9 Å². The third-order valence-corrected chi connectivity index (χ3v) is 5.71. The molecule has 6 atom stereocenters. The van der Waals surface area contributed by atoms with Crippen LogP contribution in [0, 0.1) is 0 Å². The van der Waals surface area contributed by atoms with Crippen molar-refractivity contribution in [2.45, 2.75) is 43.0 Å². The van der Waals surface area contributed by atoms with Crippen LogP contribution in [0.25, 0.3) is 0 Å². The number of hydrogen-bond donors (Lipinski definition) is 5. The topological polar surface area (TPSA) is 138 Å². The number of aliphatic hydroxyl groups is 4. The Bertz CT molecular complexity index is 916. The lowest BCUT2D eigenvalue weighted by Crippen LogP contribution is -2.60. The quantitative estimate of drug-likeness (QED) is 0.450. The third kappa shape index (κ3) is 4.28. The lowest BCUT2D eigenvalue weighted by molar-refractivity contribution is -0.277. The fraction of sp³-hybridized carbons (Fsp3) is 0.455. The molecular weight excluding hydrogens is 408 g/mol. The summed E-state index contributed by atoms with van der Waals surface area (Å²) >= 11 is 0. The normalized spacial score (nSPS) is 30.2. The van der Waals surface area contributed by atoms with E-state index in [0.29, 0.717) is 30.3 Å². The van der Waals surface area contributed by atoms with E-state index in [1.165, 1.54) is 7.11 Å². The molecule has 0 saturated carbocycles. The van der Waals surface area contributed by atoms with Crippen LogP contribution in [0.4, 0.5) is 0 Å². The Labute approximate surface area is 179 Å². The maximum absolute atomic E-state index is 10.3. The standard InChI is InChI=1S/C22H26O9/c1-28-14-4-5-15(12-6-11-2-3-13(24)7-16(11)29-10-12)17(8-14)30-22-21(27)20(26)19(25)18(9-23)31-22/h2-5,7-8,12,18-27H,6,9-10H2,1H3/t12?,18-,19-,20+,21-,22-/m1/s1. The minimum absolute atomic E-state index is 0.0946. The van der Waals surface area contributed by atoms with Gasteiger partial charge in [0.15, 0.2) is 0 Å². The Balaban J connectivity index is 1.61. The number of rotatable bonds is 5. The van der Waals surface area contributed by atoms with Gasteiger partial charge >= 0.3 is 0 Å². The number of fused-ring (bicyclic) bond motifs is 1. The van der Waals surface area contributed by atoms with Crippen LogP contribution in [-0.4, -0.2) is 76.6 Å². The summed E-state index contributed by atoms with van der Waals surface area (Å²) in [6.45, 7) is -0.205. The van der Waals surface area contributed by atoms with E-state index in [1.807, 2.05) is 6.07 Å². The highest BCUT2D eigenvalue weighted by Crippen LogP contribution is 2.39. The number of ether oxygens (including phenoxy) is 4. The monoisotopic (exact) mass is 434 g/mol. The molecule has 1 fully saturated rings. The zero-order chi connectivity index (χ0) is 22.1. The molecule has 0 spiro atoms. The first-order chi connectivity index (χ1) is 14.9. The Morgan fingerprint density at radius 1 is 1.03 bits per heavy atom. The zero-order valence-corrected chi connectivity index (χ0v) is 16.9. The molecule has 2 aromatic carbocycles. The number of phenolic OH excluding ortho intramolecular Hbond substituents is 1. The summed E-state index contributed by atoms with van der Waals surface area (Å²) in [4.78, 5) is 0. The van der Waals surface area contributed by atoms with E-state index < -0.39 is 37.3 Å². The van der Waals surface area contributed by atoms with Crippen LogP contribution in [-0.2, 0) is 11.2 Å². The molecule has 0 bridgehead atoms. The van der Waals surface area contributed by atoms with Gasteiger partial charge < -0.3 is 44.5 Å². The van der Waals surface area contributed by atoms with Crippen LogP contribution in [0.3, 0.4) is 0 Å². The Morgan fingerprint density at radius 3 is 2.58 bits per heavy atom. The highest BCUT2D eigenvalue weighted by molar-refractivity contribution is 5.47. The number of methoxy groups -OCH3 is 1. The molecule has 1 unspecified atom stereocenters. The maximum atomic E-state index is 10.3. The van der Waals surface area contributed by atoms with Gasteiger partial charge in [0.2, 0.25) is 6.29 Å². The van der Waals surface area contributed by atoms with Gasteiger partial charge in [-0.1, -0.05) is 12.1 Å². The number of phenols is 1. The molecule has 1 saturated heterocycles. The predicted octanol–water partition coefficient (Wildman–Crippen LogP) is 0.298. The van der Waals surface area contributed by atoms with Crippen LogP contribution in [0.15, 0.2) is 36.4 Å². The van der Waals surface area contributed by atoms with Crippen LogP contribution < -0.4 is 14.2 Å². The van der Waals surface area contributed by atoms with Crippen LogP contribution in [0.1, 0.15) is 17.0 Å². The minimum atomic E-state index is -1.54. The smallest absolute Gasteiger partial charge is 0.229 e. The van der Waals surface area contributed by atoms with E-state index >= 15 is 0 Å². The summed E-state index contributed by atoms with van der Waals surface area (Å²) in [5.41, 5.74) is 1.71. The van der Waals surface area contributed by atoms with Crippen molar-refractivity contribution in [3.8, 4) is 23.0 Å². The second kappa shape index (κ2) is 8.89. The van der Waals surface area contributed by atoms with E-state index in [9.17, 15) is 25.5 Å². The fourth-order valence-electron chi connectivity index (χ4n) is 3.93. The first-order valence-electron chi connectivity index (χ1n) is 10.0. The van der Waals surface area contributed by atoms with Crippen molar-refractivity contribution >= 4 is 0 Å². The molecule has 0 radical (unpaired) electrons. The zero-order valence-electron chi connectivity index (χ0n) is 16.9. The van der Waals surface area contributed by atoms with Crippen molar-refractivity contribution in [2.24, 2.45) is 0 Å². The number of hydrogen-bond acceptors (Lipinski definition) is 9. The molecule has 5 N–H and O–H groups in total. The van der Waals surface area contributed by atoms with Gasteiger partial charge in [-0.2, -0.15) is 0 Å². The van der Waals surface area contributed by atoms with Gasteiger partial charge in [0, 0.05) is 23.6 Å². The average Bonchev–Trinajstić information content (AvgIpc) is 2.79. The van der Waals surface area contributed by atoms with Crippen molar-refractivity contribution in [3.63, 3.8) is 0 Å². The molecule has 2 aliphatic rings. The number of aliphatic hydroxyl groups excluding tert-OH is 4. The van der Waals surface area contributed by atoms with E-state index in [2.05, 4.69) is 0 Å². The van der Waals surface area contributed by atoms with Gasteiger partial charge in [-0.3, -0.25) is 0 Å². The summed E-state index contributed by atoms with van der Waals surface area (Å²) in [7, 11) is 1.51. The average molecular weight is 434 g/mol. The molecule has 9 heteroatoms. The van der Waals surface area contributed by atoms with Crippen molar-refractivity contribution in [1.29, 1.82) is 0 Å². The Hall–Kier alpha value is -2.56. The van der Waals surface area contributed by atoms with Crippen LogP contribution >= 0.6 is 0 Å². The molecule has 2 aromatic rings. The Morgan fingerprint density at radius 2 is 1.84 bits per heavy atom. The van der Waals surface area contributed by atoms with Gasteiger partial charge in [0.25, 0.3) is 0 Å². The SMILES string of the molecule is COc1ccc(C2COc3cc(O)ccc3C2)c(O[C@@H]2O[C@H](CO)[C@@H](O)[C@H](O)[C@H]2O)c1. The van der Waals surface area contributed by atoms with Crippen LogP contribution in [0.2, 0.25) is 0 Å². The highest BCUT2D eigenvalue weighted by Gasteiger charge is 2.45. The second-order valence-electron chi connectivity index (χ2n) is 7.72. The molecule has 0 aliphatic carbocycles. The lowest BCUT2D eigenvalue weighted by atomic mass is 9.89. The molecule has 0 amide bonds. The summed E-state index contributed by atoms with van der Waals surface area (Å²) in [5, 5.41) is 49.5. The fourth-order valence-corrected chi connectivity index (χ4v) is 3.93. The lowest BCUT2D eigenvalue weighted by Gasteiger charge is -2.40. The maximum Gasteiger partial charge on any atom is 0.229 e. The molecule has 0 aromatic heterocycles. The summed E-state index contributed by atoms with van der Waals surface area (Å²) in [5.74, 6) is 1.54. The van der Waals surface area contributed by atoms with Gasteiger partial charge in [-0.05, 0) is 24.1 Å². The van der Waals surface area contributed by atoms with Crippen molar-refractivity contribution in [3.05, 3.63) is 47.5 Å². The molecule has 31 heavy (non-hydrogen) atoms. The van der Waals surface area contributed by atoms with Gasteiger partial charge in [-0.25, -0.2) is 0 Å². The van der Waals surface area contributed by atoms with Gasteiger partial charge in [0.05, 0.1) is 20.3 Å². The van der Waals surface area contributed by atoms with Crippen molar-refractivity contribution in [1.82, 2.24) is 0 Å². The van der Waals surface area contributed by atoms with Gasteiger partial charge in [0.1, 0.15) is 47.4 Å². The first kappa shape index (κ1) is 21.7. The van der Waals surface area contributed by atoms with Crippen molar-refractivity contribution in [2.75, 3.05) is 20.3 Å². The summed E-state index contributed by atoms with van der Waals surface area (Å²) < 4.78 is 22.5. The molecular formula is C22H26O9. The summed E-state index contributed by atoms with van der Waals surface area (Å²) in [6, 6.07) is 10.2. The van der Waals surface area contributed by atoms with Crippen molar-refractivity contribution < 1.29 is 44.5 Å². The van der Waals surface area contributed by atoms with E-state index in [1.54, 1.807) is 30.3 Å². The molecule has 2 aliphatic heterocycles. The van der Waals surface area contributed by atoms with E-state index in [-0.39, 0.29) is 11.7 Å². The number of benzene rings is 2. The number of aromatic hydroxyl groups is 1. The molecule has 2 heterocycles. The third-order valence-electron chi connectivity index (χ3n) is 5.71. The van der Waals surface area contributed by atoms with E-state index in [0.717, 1.165) is 11.1 Å². The Kier molecular flexibility index (Phi) is 6.22. The molecule has 168 valence electrons. The van der Waals surface area contributed by atoms with Crippen LogP contribution in [0.5, 0.6) is 23.0 Å².